The van der Waals surface area contributed by atoms with Crippen LogP contribution < -0.4 is 15.4 Å². The third-order valence-corrected chi connectivity index (χ3v) is 12.6. The topological polar surface area (TPSA) is 100 Å². The minimum atomic E-state index is -4.75. The highest BCUT2D eigenvalue weighted by Crippen LogP contribution is 2.40. The molecule has 0 radical (unpaired) electrons. The number of amides is 1. The van der Waals surface area contributed by atoms with Gasteiger partial charge in [-0.25, -0.2) is 0 Å². The third-order valence-electron chi connectivity index (χ3n) is 8.09. The first-order chi connectivity index (χ1) is 21.0. The number of rotatable bonds is 14. The Morgan fingerprint density at radius 3 is 2.24 bits per heavy atom. The summed E-state index contributed by atoms with van der Waals surface area (Å²) >= 11 is 0. The number of hydrogen-bond acceptors (Lipinski definition) is 6. The Labute approximate surface area is 264 Å². The summed E-state index contributed by atoms with van der Waals surface area (Å²) in [6.45, 7) is 13.5. The molecular weight excluding hydrogens is 601 g/mol. The summed E-state index contributed by atoms with van der Waals surface area (Å²) < 4.78 is 47.7. The molecule has 11 heteroatoms. The van der Waals surface area contributed by atoms with Gasteiger partial charge in [0.05, 0.1) is 19.1 Å². The lowest BCUT2D eigenvalue weighted by atomic mass is 10.0. The summed E-state index contributed by atoms with van der Waals surface area (Å²) in [5.74, 6) is -0.459. The van der Waals surface area contributed by atoms with Crippen molar-refractivity contribution in [2.75, 3.05) is 6.54 Å². The van der Waals surface area contributed by atoms with Gasteiger partial charge in [0.25, 0.3) is 0 Å². The lowest BCUT2D eigenvalue weighted by molar-refractivity contribution is -0.274. The van der Waals surface area contributed by atoms with Crippen LogP contribution in [0.4, 0.5) is 13.2 Å². The van der Waals surface area contributed by atoms with E-state index in [1.54, 1.807) is 12.1 Å². The van der Waals surface area contributed by atoms with Gasteiger partial charge in [-0.1, -0.05) is 63.2 Å². The number of carbonyl (C=O) groups excluding carboxylic acids is 1. The molecule has 0 bridgehead atoms. The molecule has 0 aromatic heterocycles. The van der Waals surface area contributed by atoms with E-state index >= 15 is 0 Å². The predicted octanol–water partition coefficient (Wildman–Crippen LogP) is 6.93. The molecule has 2 atom stereocenters. The van der Waals surface area contributed by atoms with E-state index in [9.17, 15) is 28.2 Å². The van der Waals surface area contributed by atoms with Crippen molar-refractivity contribution < 1.29 is 37.3 Å². The van der Waals surface area contributed by atoms with E-state index in [1.165, 1.54) is 24.3 Å². The number of ether oxygens (including phenoxy) is 1. The predicted molar refractivity (Wildman–Crippen MR) is 171 cm³/mol. The SMILES string of the molecule is C[C@H](Cc1cccc(CC(=O)NCc2ccc(OC(F)(F)F)cc2)c1)NC[C@H](O[Si](C)(C)C(C)(C)C)c1ccc(O)c(CO)c1. The normalized spacial score (nSPS) is 13.7. The van der Waals surface area contributed by atoms with Gasteiger partial charge in [0.2, 0.25) is 5.91 Å². The van der Waals surface area contributed by atoms with Crippen molar-refractivity contribution in [3.63, 3.8) is 0 Å². The second kappa shape index (κ2) is 15.3. The highest BCUT2D eigenvalue weighted by Gasteiger charge is 2.39. The van der Waals surface area contributed by atoms with Crippen molar-refractivity contribution in [3.8, 4) is 11.5 Å². The van der Waals surface area contributed by atoms with Crippen LogP contribution >= 0.6 is 0 Å². The molecule has 0 saturated carbocycles. The molecule has 0 heterocycles. The van der Waals surface area contributed by atoms with Crippen molar-refractivity contribution >= 4 is 14.2 Å². The molecular formula is C34H45F3N2O5Si. The average Bonchev–Trinajstić information content (AvgIpc) is 2.94. The molecule has 0 fully saturated rings. The molecule has 0 saturated heterocycles. The number of hydrogen-bond donors (Lipinski definition) is 4. The number of halogens is 3. The van der Waals surface area contributed by atoms with Gasteiger partial charge in [0.15, 0.2) is 8.32 Å². The first-order valence-electron chi connectivity index (χ1n) is 15.0. The van der Waals surface area contributed by atoms with E-state index in [0.717, 1.165) is 16.7 Å². The fraction of sp³-hybridized carbons (Fsp3) is 0.441. The Kier molecular flexibility index (Phi) is 12.2. The van der Waals surface area contributed by atoms with Crippen LogP contribution in [0.1, 0.15) is 61.6 Å². The van der Waals surface area contributed by atoms with Crippen LogP contribution in [0.2, 0.25) is 18.1 Å². The molecule has 45 heavy (non-hydrogen) atoms. The van der Waals surface area contributed by atoms with Gasteiger partial charge in [-0.15, -0.1) is 13.2 Å². The van der Waals surface area contributed by atoms with Gasteiger partial charge < -0.3 is 30.0 Å². The number of phenols is 1. The van der Waals surface area contributed by atoms with Crippen LogP contribution in [0.5, 0.6) is 11.5 Å². The molecule has 4 N–H and O–H groups in total. The van der Waals surface area contributed by atoms with E-state index in [4.69, 9.17) is 4.43 Å². The Morgan fingerprint density at radius 2 is 1.62 bits per heavy atom. The summed E-state index contributed by atoms with van der Waals surface area (Å²) in [6, 6.07) is 18.5. The summed E-state index contributed by atoms with van der Waals surface area (Å²) in [5, 5.41) is 26.2. The van der Waals surface area contributed by atoms with E-state index in [1.807, 2.05) is 30.3 Å². The molecule has 7 nitrogen and oxygen atoms in total. The summed E-state index contributed by atoms with van der Waals surface area (Å²) in [5.41, 5.74) is 3.92. The quantitative estimate of drug-likeness (QED) is 0.142. The van der Waals surface area contributed by atoms with Gasteiger partial charge in [-0.3, -0.25) is 4.79 Å². The zero-order chi connectivity index (χ0) is 33.4. The molecule has 3 aromatic rings. The van der Waals surface area contributed by atoms with E-state index in [-0.39, 0.29) is 54.2 Å². The Bertz CT molecular complexity index is 1410. The van der Waals surface area contributed by atoms with Gasteiger partial charge in [0.1, 0.15) is 11.5 Å². The van der Waals surface area contributed by atoms with Crippen molar-refractivity contribution in [2.24, 2.45) is 0 Å². The summed E-state index contributed by atoms with van der Waals surface area (Å²) in [4.78, 5) is 12.6. The van der Waals surface area contributed by atoms with Crippen LogP contribution in [0, 0.1) is 0 Å². The van der Waals surface area contributed by atoms with Crippen LogP contribution in [0.15, 0.2) is 66.7 Å². The summed E-state index contributed by atoms with van der Waals surface area (Å²) in [7, 11) is -2.15. The minimum absolute atomic E-state index is 0.00346. The lowest BCUT2D eigenvalue weighted by Crippen LogP contribution is -2.44. The molecule has 3 aromatic carbocycles. The molecule has 0 spiro atoms. The summed E-state index contributed by atoms with van der Waals surface area (Å²) in [6.07, 6.45) is -4.14. The van der Waals surface area contributed by atoms with Gasteiger partial charge >= 0.3 is 6.36 Å². The van der Waals surface area contributed by atoms with E-state index < -0.39 is 14.7 Å². The molecule has 0 aliphatic rings. The lowest BCUT2D eigenvalue weighted by Gasteiger charge is -2.40. The van der Waals surface area contributed by atoms with Crippen LogP contribution in [0.3, 0.4) is 0 Å². The second-order valence-corrected chi connectivity index (χ2v) is 17.6. The fourth-order valence-electron chi connectivity index (χ4n) is 4.55. The van der Waals surface area contributed by atoms with Crippen molar-refractivity contribution in [1.29, 1.82) is 0 Å². The van der Waals surface area contributed by atoms with Crippen LogP contribution in [-0.4, -0.2) is 43.4 Å². The average molecular weight is 647 g/mol. The maximum atomic E-state index is 12.6. The number of benzene rings is 3. The second-order valence-electron chi connectivity index (χ2n) is 12.9. The standard InChI is InChI=1S/C34H45F3N2O5Si/c1-23(38-21-31(44-45(5,6)33(2,3)4)27-12-15-30(41)28(19-27)22-40)16-25-8-7-9-26(17-25)18-32(42)39-20-24-10-13-29(14-11-24)43-34(35,36)37/h7-15,17,19,23,31,38,40-41H,16,18,20-22H2,1-6H3,(H,39,42)/t23-,31+/m1/s1. The Balaban J connectivity index is 1.58. The maximum Gasteiger partial charge on any atom is 0.573 e. The monoisotopic (exact) mass is 646 g/mol. The Morgan fingerprint density at radius 1 is 0.956 bits per heavy atom. The van der Waals surface area contributed by atoms with Gasteiger partial charge in [0, 0.05) is 24.7 Å². The zero-order valence-corrected chi connectivity index (χ0v) is 27.8. The number of aliphatic hydroxyl groups excluding tert-OH is 1. The number of carbonyl (C=O) groups is 1. The number of alkyl halides is 3. The number of aliphatic hydroxyl groups is 1. The maximum absolute atomic E-state index is 12.6. The molecule has 1 amide bonds. The highest BCUT2D eigenvalue weighted by molar-refractivity contribution is 6.74. The van der Waals surface area contributed by atoms with E-state index in [2.05, 4.69) is 56.2 Å². The molecule has 246 valence electrons. The first-order valence-corrected chi connectivity index (χ1v) is 17.9. The van der Waals surface area contributed by atoms with Crippen LogP contribution in [0.25, 0.3) is 0 Å². The van der Waals surface area contributed by atoms with Crippen molar-refractivity contribution in [1.82, 2.24) is 10.6 Å². The number of aromatic hydroxyl groups is 1. The highest BCUT2D eigenvalue weighted by atomic mass is 28.4. The van der Waals surface area contributed by atoms with Gasteiger partial charge in [-0.05, 0) is 78.0 Å². The fourth-order valence-corrected chi connectivity index (χ4v) is 5.83. The van der Waals surface area contributed by atoms with Crippen molar-refractivity contribution in [2.45, 2.75) is 90.3 Å². The number of nitrogens with one attached hydrogen (secondary N) is 2. The molecule has 0 aliphatic carbocycles. The van der Waals surface area contributed by atoms with Gasteiger partial charge in [-0.2, -0.15) is 0 Å². The molecule has 3 rings (SSSR count). The molecule has 0 unspecified atom stereocenters. The smallest absolute Gasteiger partial charge is 0.508 e. The molecule has 0 aliphatic heterocycles. The Hall–Kier alpha value is -3.38. The van der Waals surface area contributed by atoms with Crippen molar-refractivity contribution in [3.05, 3.63) is 94.5 Å². The third kappa shape index (κ3) is 11.5. The largest absolute Gasteiger partial charge is 0.573 e. The van der Waals surface area contributed by atoms with E-state index in [0.29, 0.717) is 24.1 Å². The first kappa shape index (κ1) is 36.1. The minimum Gasteiger partial charge on any atom is -0.508 e. The van der Waals surface area contributed by atoms with Crippen LogP contribution in [-0.2, 0) is 35.2 Å². The zero-order valence-electron chi connectivity index (χ0n) is 26.8.